The molecule has 0 aliphatic heterocycles. The summed E-state index contributed by atoms with van der Waals surface area (Å²) in [6.07, 6.45) is 10.6. The summed E-state index contributed by atoms with van der Waals surface area (Å²) in [6.45, 7) is 3.80. The molecule has 2 aromatic rings. The van der Waals surface area contributed by atoms with E-state index in [1.807, 2.05) is 48.5 Å². The summed E-state index contributed by atoms with van der Waals surface area (Å²) in [6, 6.07) is 17.8. The molecule has 0 fully saturated rings. The maximum Gasteiger partial charge on any atom is 0.168 e. The third-order valence-electron chi connectivity index (χ3n) is 6.25. The van der Waals surface area contributed by atoms with Crippen LogP contribution in [-0.2, 0) is 3.42 Å². The molecule has 2 aromatic carbocycles. The number of hydrogen-bond acceptors (Lipinski definition) is 3. The highest BCUT2D eigenvalue weighted by Crippen LogP contribution is 2.56. The Balaban J connectivity index is 2.22. The molecule has 34 heavy (non-hydrogen) atoms. The van der Waals surface area contributed by atoms with Gasteiger partial charge in [-0.05, 0) is 54.7 Å². The van der Waals surface area contributed by atoms with Crippen molar-refractivity contribution in [1.29, 1.82) is 10.5 Å². The van der Waals surface area contributed by atoms with E-state index in [0.717, 1.165) is 41.7 Å². The van der Waals surface area contributed by atoms with Crippen molar-refractivity contribution in [2.45, 2.75) is 29.1 Å². The van der Waals surface area contributed by atoms with Gasteiger partial charge < -0.3 is 4.74 Å². The van der Waals surface area contributed by atoms with Gasteiger partial charge in [-0.25, -0.2) is 0 Å². The van der Waals surface area contributed by atoms with Gasteiger partial charge >= 0.3 is 0 Å². The van der Waals surface area contributed by atoms with Gasteiger partial charge in [0, 0.05) is 27.9 Å². The van der Waals surface area contributed by atoms with E-state index in [-0.39, 0.29) is 12.3 Å². The van der Waals surface area contributed by atoms with Crippen LogP contribution in [0.2, 0.25) is 10.0 Å². The summed E-state index contributed by atoms with van der Waals surface area (Å²) >= 11 is 15.9. The van der Waals surface area contributed by atoms with Gasteiger partial charge in [-0.3, -0.25) is 0 Å². The first kappa shape index (κ1) is 26.4. The van der Waals surface area contributed by atoms with Crippen molar-refractivity contribution in [3.05, 3.63) is 94.0 Å². The standard InChI is InChI=1S/C28H25Cl2IN2O/c1-3-16-27(18-32,19-33)22-7-4-5-8-23(22)28(31,26-24(29)9-6-10-25(26)30)17-15-20-11-13-21(34-2)14-12-20/h3,6-7,9-15,17,23H,1,4-5,8,16H2,2H3/b17-15+/t23-,28+/m1/s1. The highest BCUT2D eigenvalue weighted by Gasteiger charge is 2.48. The molecule has 0 aromatic heterocycles. The van der Waals surface area contributed by atoms with Gasteiger partial charge in [0.15, 0.2) is 5.41 Å². The number of allylic oxidation sites excluding steroid dienone is 4. The van der Waals surface area contributed by atoms with Crippen molar-refractivity contribution in [3.8, 4) is 17.9 Å². The number of methoxy groups -OCH3 is 1. The predicted molar refractivity (Wildman–Crippen MR) is 148 cm³/mol. The lowest BCUT2D eigenvalue weighted by Crippen LogP contribution is -2.36. The van der Waals surface area contributed by atoms with Crippen molar-refractivity contribution < 1.29 is 4.74 Å². The summed E-state index contributed by atoms with van der Waals surface area (Å²) in [5.74, 6) is 0.620. The van der Waals surface area contributed by atoms with Gasteiger partial charge in [0.05, 0.1) is 22.7 Å². The van der Waals surface area contributed by atoms with Crippen molar-refractivity contribution in [2.75, 3.05) is 7.11 Å². The molecule has 1 aliphatic carbocycles. The fraction of sp³-hybridized carbons (Fsp3) is 0.286. The normalized spacial score (nSPS) is 17.8. The Labute approximate surface area is 225 Å². The Bertz CT molecular complexity index is 1160. The lowest BCUT2D eigenvalue weighted by Gasteiger charge is -2.42. The van der Waals surface area contributed by atoms with E-state index in [4.69, 9.17) is 27.9 Å². The number of hydrogen-bond donors (Lipinski definition) is 0. The summed E-state index contributed by atoms with van der Waals surface area (Å²) in [5, 5.41) is 21.4. The minimum absolute atomic E-state index is 0.159. The Morgan fingerprint density at radius 2 is 1.79 bits per heavy atom. The Morgan fingerprint density at radius 3 is 2.35 bits per heavy atom. The van der Waals surface area contributed by atoms with E-state index < -0.39 is 8.84 Å². The average Bonchev–Trinajstić information content (AvgIpc) is 2.86. The first-order valence-electron chi connectivity index (χ1n) is 11.0. The van der Waals surface area contributed by atoms with Gasteiger partial charge in [-0.1, -0.05) is 88.3 Å². The van der Waals surface area contributed by atoms with Crippen LogP contribution in [0.25, 0.3) is 6.08 Å². The van der Waals surface area contributed by atoms with Crippen LogP contribution < -0.4 is 4.74 Å². The SMILES string of the molecule is C=CCC(C#N)(C#N)C1=CCCC[C@H]1[C@@](I)(/C=C/c1ccc(OC)cc1)c1c(Cl)cccc1Cl. The Kier molecular flexibility index (Phi) is 8.88. The third kappa shape index (κ3) is 5.20. The average molecular weight is 603 g/mol. The largest absolute Gasteiger partial charge is 0.497 e. The molecule has 0 N–H and O–H groups in total. The molecule has 6 heteroatoms. The molecule has 0 saturated carbocycles. The van der Waals surface area contributed by atoms with Crippen LogP contribution >= 0.6 is 45.8 Å². The fourth-order valence-electron chi connectivity index (χ4n) is 4.54. The molecule has 0 amide bonds. The number of nitrogens with zero attached hydrogens (tertiary/aromatic N) is 2. The molecule has 0 heterocycles. The molecule has 0 spiro atoms. The van der Waals surface area contributed by atoms with Gasteiger partial charge in [-0.2, -0.15) is 10.5 Å². The van der Waals surface area contributed by atoms with Crippen molar-refractivity contribution in [2.24, 2.45) is 11.3 Å². The predicted octanol–water partition coefficient (Wildman–Crippen LogP) is 8.68. The second-order valence-electron chi connectivity index (χ2n) is 8.24. The zero-order valence-electron chi connectivity index (χ0n) is 18.9. The first-order chi connectivity index (χ1) is 16.3. The first-order valence-corrected chi connectivity index (χ1v) is 12.8. The number of nitriles is 2. The number of rotatable bonds is 8. The quantitative estimate of drug-likeness (QED) is 0.172. The van der Waals surface area contributed by atoms with Crippen molar-refractivity contribution >= 4 is 51.9 Å². The van der Waals surface area contributed by atoms with Gasteiger partial charge in [0.1, 0.15) is 5.75 Å². The smallest absolute Gasteiger partial charge is 0.168 e. The second kappa shape index (κ2) is 11.5. The second-order valence-corrected chi connectivity index (χ2v) is 10.8. The topological polar surface area (TPSA) is 56.8 Å². The van der Waals surface area contributed by atoms with E-state index in [1.165, 1.54) is 0 Å². The highest BCUT2D eigenvalue weighted by molar-refractivity contribution is 14.1. The molecule has 0 bridgehead atoms. The lowest BCUT2D eigenvalue weighted by molar-refractivity contribution is 0.395. The molecule has 0 unspecified atom stereocenters. The molecule has 1 aliphatic rings. The zero-order chi connectivity index (χ0) is 24.8. The van der Waals surface area contributed by atoms with Crippen LogP contribution in [0.3, 0.4) is 0 Å². The molecule has 174 valence electrons. The van der Waals surface area contributed by atoms with Crippen LogP contribution in [0.4, 0.5) is 0 Å². The molecule has 2 atom stereocenters. The third-order valence-corrected chi connectivity index (χ3v) is 8.53. The van der Waals surface area contributed by atoms with E-state index in [2.05, 4.69) is 53.5 Å². The van der Waals surface area contributed by atoms with E-state index in [0.29, 0.717) is 10.0 Å². The maximum atomic E-state index is 10.1. The van der Waals surface area contributed by atoms with Gasteiger partial charge in [0.25, 0.3) is 0 Å². The van der Waals surface area contributed by atoms with E-state index >= 15 is 0 Å². The fourth-order valence-corrected chi connectivity index (χ4v) is 6.97. The number of alkyl halides is 1. The van der Waals surface area contributed by atoms with Crippen LogP contribution in [0, 0.1) is 34.0 Å². The highest BCUT2D eigenvalue weighted by atomic mass is 127. The summed E-state index contributed by atoms with van der Waals surface area (Å²) in [7, 11) is 1.64. The monoisotopic (exact) mass is 602 g/mol. The van der Waals surface area contributed by atoms with E-state index in [9.17, 15) is 10.5 Å². The van der Waals surface area contributed by atoms with Crippen molar-refractivity contribution in [1.82, 2.24) is 0 Å². The summed E-state index contributed by atoms with van der Waals surface area (Å²) in [4.78, 5) is 0. The molecule has 3 nitrogen and oxygen atoms in total. The van der Waals surface area contributed by atoms with Gasteiger partial charge in [-0.15, -0.1) is 6.58 Å². The molecule has 3 rings (SSSR count). The Hall–Kier alpha value is -2.25. The van der Waals surface area contributed by atoms with Crippen LogP contribution in [-0.4, -0.2) is 7.11 Å². The van der Waals surface area contributed by atoms with Crippen LogP contribution in [0.15, 0.2) is 72.8 Å². The Morgan fingerprint density at radius 1 is 1.15 bits per heavy atom. The number of ether oxygens (including phenoxy) is 1. The molecular weight excluding hydrogens is 578 g/mol. The number of benzene rings is 2. The zero-order valence-corrected chi connectivity index (χ0v) is 22.6. The van der Waals surface area contributed by atoms with Crippen LogP contribution in [0.5, 0.6) is 5.75 Å². The molecular formula is C28H25Cl2IN2O. The molecule has 0 saturated heterocycles. The maximum absolute atomic E-state index is 10.1. The molecule has 0 radical (unpaired) electrons. The summed E-state index contributed by atoms with van der Waals surface area (Å²) in [5.41, 5.74) is 1.30. The minimum atomic E-state index is -1.29. The summed E-state index contributed by atoms with van der Waals surface area (Å²) < 4.78 is 4.58. The van der Waals surface area contributed by atoms with Crippen LogP contribution in [0.1, 0.15) is 36.8 Å². The number of halogens is 3. The minimum Gasteiger partial charge on any atom is -0.497 e. The van der Waals surface area contributed by atoms with E-state index in [1.54, 1.807) is 13.2 Å². The lowest BCUT2D eigenvalue weighted by atomic mass is 9.65. The van der Waals surface area contributed by atoms with Crippen molar-refractivity contribution in [3.63, 3.8) is 0 Å². The van der Waals surface area contributed by atoms with Gasteiger partial charge in [0.2, 0.25) is 0 Å².